The highest BCUT2D eigenvalue weighted by Gasteiger charge is 2.46. The second-order valence-corrected chi connectivity index (χ2v) is 6.89. The zero-order chi connectivity index (χ0) is 15.6. The summed E-state index contributed by atoms with van der Waals surface area (Å²) >= 11 is 0. The van der Waals surface area contributed by atoms with E-state index < -0.39 is 18.1 Å². The third kappa shape index (κ3) is 3.93. The van der Waals surface area contributed by atoms with Gasteiger partial charge < -0.3 is 10.5 Å². The zero-order valence-corrected chi connectivity index (χ0v) is 13.5. The first-order chi connectivity index (χ1) is 9.85. The van der Waals surface area contributed by atoms with Gasteiger partial charge in [0.25, 0.3) is 5.92 Å². The molecule has 1 aliphatic carbocycles. The lowest BCUT2D eigenvalue weighted by Crippen LogP contribution is -2.55. The van der Waals surface area contributed by atoms with Crippen LogP contribution < -0.4 is 5.73 Å². The normalized spacial score (nSPS) is 37.9. The Bertz CT molecular complexity index is 338. The van der Waals surface area contributed by atoms with E-state index in [-0.39, 0.29) is 12.5 Å². The summed E-state index contributed by atoms with van der Waals surface area (Å²) in [6.45, 7) is 7.59. The number of alkyl halides is 2. The molecule has 4 atom stereocenters. The van der Waals surface area contributed by atoms with Crippen molar-refractivity contribution in [2.24, 2.45) is 5.73 Å². The quantitative estimate of drug-likeness (QED) is 0.867. The van der Waals surface area contributed by atoms with E-state index in [4.69, 9.17) is 10.5 Å². The molecule has 1 aliphatic heterocycles. The SMILES string of the molecule is CC[C@H]1C[C@@H](O[C@H]2CCCC(F)(F)[C@@H]2N)CCN1C(C)C. The maximum atomic E-state index is 13.7. The minimum Gasteiger partial charge on any atom is -0.373 e. The fourth-order valence-electron chi connectivity index (χ4n) is 3.79. The molecule has 2 N–H and O–H groups in total. The molecular weight excluding hydrogens is 274 g/mol. The number of rotatable bonds is 4. The van der Waals surface area contributed by atoms with Crippen molar-refractivity contribution in [3.05, 3.63) is 0 Å². The largest absolute Gasteiger partial charge is 0.373 e. The summed E-state index contributed by atoms with van der Waals surface area (Å²) < 4.78 is 33.4. The predicted octanol–water partition coefficient (Wildman–Crippen LogP) is 3.17. The molecule has 2 aliphatic rings. The lowest BCUT2D eigenvalue weighted by molar-refractivity contribution is -0.144. The van der Waals surface area contributed by atoms with Crippen LogP contribution in [-0.2, 0) is 4.74 Å². The van der Waals surface area contributed by atoms with Gasteiger partial charge in [-0.15, -0.1) is 0 Å². The van der Waals surface area contributed by atoms with Crippen LogP contribution >= 0.6 is 0 Å². The number of hydrogen-bond acceptors (Lipinski definition) is 3. The number of halogens is 2. The Morgan fingerprint density at radius 2 is 2.05 bits per heavy atom. The van der Waals surface area contributed by atoms with Gasteiger partial charge in [0.05, 0.1) is 18.2 Å². The Morgan fingerprint density at radius 1 is 1.33 bits per heavy atom. The Morgan fingerprint density at radius 3 is 2.67 bits per heavy atom. The van der Waals surface area contributed by atoms with E-state index in [9.17, 15) is 8.78 Å². The predicted molar refractivity (Wildman–Crippen MR) is 80.6 cm³/mol. The molecule has 3 nitrogen and oxygen atoms in total. The number of likely N-dealkylation sites (tertiary alicyclic amines) is 1. The molecule has 21 heavy (non-hydrogen) atoms. The van der Waals surface area contributed by atoms with Crippen LogP contribution in [0.25, 0.3) is 0 Å². The van der Waals surface area contributed by atoms with Gasteiger partial charge in [-0.2, -0.15) is 0 Å². The molecule has 1 saturated carbocycles. The summed E-state index contributed by atoms with van der Waals surface area (Å²) in [5.74, 6) is -2.77. The summed E-state index contributed by atoms with van der Waals surface area (Å²) in [4.78, 5) is 2.50. The summed E-state index contributed by atoms with van der Waals surface area (Å²) in [5.41, 5.74) is 5.73. The number of ether oxygens (including phenoxy) is 1. The summed E-state index contributed by atoms with van der Waals surface area (Å²) in [7, 11) is 0. The molecular formula is C16H30F2N2O. The van der Waals surface area contributed by atoms with Crippen LogP contribution in [0.2, 0.25) is 0 Å². The van der Waals surface area contributed by atoms with Crippen molar-refractivity contribution in [3.63, 3.8) is 0 Å². The molecule has 0 spiro atoms. The highest BCUT2D eigenvalue weighted by atomic mass is 19.3. The Balaban J connectivity index is 1.92. The van der Waals surface area contributed by atoms with E-state index in [2.05, 4.69) is 25.7 Å². The lowest BCUT2D eigenvalue weighted by Gasteiger charge is -2.44. The molecule has 0 unspecified atom stereocenters. The fraction of sp³-hybridized carbons (Fsp3) is 1.00. The van der Waals surface area contributed by atoms with Crippen molar-refractivity contribution < 1.29 is 13.5 Å². The second-order valence-electron chi connectivity index (χ2n) is 6.89. The van der Waals surface area contributed by atoms with E-state index in [1.54, 1.807) is 0 Å². The van der Waals surface area contributed by atoms with E-state index >= 15 is 0 Å². The summed E-state index contributed by atoms with van der Waals surface area (Å²) in [6.07, 6.45) is 3.59. The van der Waals surface area contributed by atoms with Crippen molar-refractivity contribution in [3.8, 4) is 0 Å². The molecule has 5 heteroatoms. The molecule has 1 heterocycles. The van der Waals surface area contributed by atoms with Crippen molar-refractivity contribution >= 4 is 0 Å². The number of nitrogens with two attached hydrogens (primary N) is 1. The smallest absolute Gasteiger partial charge is 0.265 e. The molecule has 1 saturated heterocycles. The molecule has 2 fully saturated rings. The van der Waals surface area contributed by atoms with Gasteiger partial charge in [-0.3, -0.25) is 4.90 Å². The highest BCUT2D eigenvalue weighted by molar-refractivity contribution is 4.93. The van der Waals surface area contributed by atoms with Crippen LogP contribution in [0.5, 0.6) is 0 Å². The fourth-order valence-corrected chi connectivity index (χ4v) is 3.79. The van der Waals surface area contributed by atoms with Crippen LogP contribution in [0.3, 0.4) is 0 Å². The van der Waals surface area contributed by atoms with Gasteiger partial charge in [0.1, 0.15) is 0 Å². The van der Waals surface area contributed by atoms with Gasteiger partial charge in [0, 0.05) is 25.0 Å². The average Bonchev–Trinajstić information content (AvgIpc) is 2.43. The van der Waals surface area contributed by atoms with Crippen molar-refractivity contribution in [2.45, 2.75) is 95.6 Å². The van der Waals surface area contributed by atoms with Gasteiger partial charge in [-0.1, -0.05) is 6.92 Å². The number of hydrogen-bond donors (Lipinski definition) is 1. The van der Waals surface area contributed by atoms with E-state index in [1.165, 1.54) is 0 Å². The molecule has 0 radical (unpaired) electrons. The Labute approximate surface area is 127 Å². The third-order valence-corrected chi connectivity index (χ3v) is 5.10. The first-order valence-corrected chi connectivity index (χ1v) is 8.39. The standard InChI is InChI=1S/C16H30F2N2O/c1-4-12-10-13(7-9-20(12)11(2)3)21-14-6-5-8-16(17,18)15(14)19/h11-15H,4-10,19H2,1-3H3/t12-,13-,14-,15+/m0/s1. The average molecular weight is 304 g/mol. The minimum absolute atomic E-state index is 0.0786. The third-order valence-electron chi connectivity index (χ3n) is 5.10. The van der Waals surface area contributed by atoms with Crippen molar-refractivity contribution in [1.82, 2.24) is 4.90 Å². The van der Waals surface area contributed by atoms with Gasteiger partial charge >= 0.3 is 0 Å². The molecule has 0 aromatic carbocycles. The molecule has 0 bridgehead atoms. The van der Waals surface area contributed by atoms with Crippen LogP contribution in [0, 0.1) is 0 Å². The summed E-state index contributed by atoms with van der Waals surface area (Å²) in [6, 6.07) is -0.129. The lowest BCUT2D eigenvalue weighted by atomic mass is 9.88. The monoisotopic (exact) mass is 304 g/mol. The van der Waals surface area contributed by atoms with E-state index in [1.807, 2.05) is 0 Å². The van der Waals surface area contributed by atoms with Crippen LogP contribution in [-0.4, -0.2) is 47.7 Å². The minimum atomic E-state index is -2.77. The van der Waals surface area contributed by atoms with E-state index in [0.717, 1.165) is 25.8 Å². The Kier molecular flexibility index (Phi) is 5.60. The Hall–Kier alpha value is -0.260. The first kappa shape index (κ1) is 17.1. The number of nitrogens with zero attached hydrogens (tertiary/aromatic N) is 1. The van der Waals surface area contributed by atoms with E-state index in [0.29, 0.717) is 24.9 Å². The van der Waals surface area contributed by atoms with Gasteiger partial charge in [-0.25, -0.2) is 8.78 Å². The summed E-state index contributed by atoms with van der Waals surface area (Å²) in [5, 5.41) is 0. The molecule has 2 rings (SSSR count). The van der Waals surface area contributed by atoms with Crippen LogP contribution in [0.4, 0.5) is 8.78 Å². The second kappa shape index (κ2) is 6.88. The highest BCUT2D eigenvalue weighted by Crippen LogP contribution is 2.35. The van der Waals surface area contributed by atoms with Crippen LogP contribution in [0.1, 0.15) is 59.3 Å². The maximum absolute atomic E-state index is 13.7. The first-order valence-electron chi connectivity index (χ1n) is 8.39. The van der Waals surface area contributed by atoms with Crippen LogP contribution in [0.15, 0.2) is 0 Å². The topological polar surface area (TPSA) is 38.5 Å². The van der Waals surface area contributed by atoms with Gasteiger partial charge in [0.2, 0.25) is 0 Å². The molecule has 0 amide bonds. The van der Waals surface area contributed by atoms with Gasteiger partial charge in [0.15, 0.2) is 0 Å². The maximum Gasteiger partial charge on any atom is 0.265 e. The van der Waals surface area contributed by atoms with Crippen molar-refractivity contribution in [2.75, 3.05) is 6.54 Å². The zero-order valence-electron chi connectivity index (χ0n) is 13.5. The van der Waals surface area contributed by atoms with Crippen molar-refractivity contribution in [1.29, 1.82) is 0 Å². The molecule has 0 aromatic rings. The number of piperidine rings is 1. The van der Waals surface area contributed by atoms with Gasteiger partial charge in [-0.05, 0) is 46.0 Å². The molecule has 0 aromatic heterocycles. The molecule has 124 valence electrons.